The molecule has 10 heteroatoms. The summed E-state index contributed by atoms with van der Waals surface area (Å²) in [7, 11) is 0. The fourth-order valence-corrected chi connectivity index (χ4v) is 8.12. The summed E-state index contributed by atoms with van der Waals surface area (Å²) < 4.78 is 13.4. The SMILES string of the molecule is Nc1ccccc1NC(=O)CCCC(=O)NCc1cccc(-c2ccc(C3OC(CN4CCCC4CN4CCCC4)CC(c4ccc(CO)cc4)O3)cc2)c1. The van der Waals surface area contributed by atoms with Crippen molar-refractivity contribution < 1.29 is 24.2 Å². The summed E-state index contributed by atoms with van der Waals surface area (Å²) in [4.78, 5) is 30.2. The quantitative estimate of drug-likeness (QED) is 0.0963. The first-order valence-corrected chi connectivity index (χ1v) is 20.0. The van der Waals surface area contributed by atoms with Crippen LogP contribution in [0.5, 0.6) is 0 Å². The van der Waals surface area contributed by atoms with E-state index in [0.717, 1.165) is 59.4 Å². The van der Waals surface area contributed by atoms with Gasteiger partial charge in [-0.15, -0.1) is 0 Å². The number of likely N-dealkylation sites (tertiary alicyclic amines) is 2. The van der Waals surface area contributed by atoms with Crippen LogP contribution in [0, 0.1) is 0 Å². The molecular weight excluding hydrogens is 691 g/mol. The normalized spacial score (nSPS) is 21.8. The Morgan fingerprint density at radius 3 is 2.31 bits per heavy atom. The Morgan fingerprint density at radius 2 is 1.53 bits per heavy atom. The van der Waals surface area contributed by atoms with Gasteiger partial charge in [-0.05, 0) is 97.8 Å². The van der Waals surface area contributed by atoms with E-state index >= 15 is 0 Å². The van der Waals surface area contributed by atoms with Crippen molar-refractivity contribution in [2.24, 2.45) is 0 Å². The van der Waals surface area contributed by atoms with Gasteiger partial charge < -0.3 is 35.8 Å². The molecule has 4 unspecified atom stereocenters. The van der Waals surface area contributed by atoms with Gasteiger partial charge in [0.1, 0.15) is 0 Å². The summed E-state index contributed by atoms with van der Waals surface area (Å²) in [5, 5.41) is 15.4. The highest BCUT2D eigenvalue weighted by atomic mass is 16.7. The number of ether oxygens (including phenoxy) is 2. The van der Waals surface area contributed by atoms with Crippen LogP contribution in [0.15, 0.2) is 97.1 Å². The standard InChI is InChI=1S/C45H55N5O5/c46-40-11-1-2-12-41(40)48-44(53)14-6-13-43(52)47-28-33-8-5-9-37(26-33)34-19-21-36(22-20-34)45-54-39(27-42(55-45)35-17-15-32(31-51)16-18-35)30-50-25-7-10-38(50)29-49-23-3-4-24-49/h1-2,5,8-9,11-12,15-22,26,38-39,42,45,51H,3-4,6-7,10,13-14,23-25,27-31,46H2,(H,47,52)(H,48,53). The van der Waals surface area contributed by atoms with Crippen LogP contribution in [0.25, 0.3) is 11.1 Å². The van der Waals surface area contributed by atoms with Crippen molar-refractivity contribution in [2.75, 3.05) is 43.8 Å². The summed E-state index contributed by atoms with van der Waals surface area (Å²) in [6.45, 7) is 6.02. The second-order valence-corrected chi connectivity index (χ2v) is 15.2. The van der Waals surface area contributed by atoms with E-state index in [1.807, 2.05) is 36.4 Å². The molecule has 0 bridgehead atoms. The molecule has 3 aliphatic rings. The zero-order valence-electron chi connectivity index (χ0n) is 31.7. The first kappa shape index (κ1) is 38.7. The van der Waals surface area contributed by atoms with Crippen molar-refractivity contribution in [2.45, 2.75) is 89.1 Å². The van der Waals surface area contributed by atoms with Crippen molar-refractivity contribution in [1.29, 1.82) is 0 Å². The highest BCUT2D eigenvalue weighted by Crippen LogP contribution is 2.39. The minimum atomic E-state index is -0.501. The summed E-state index contributed by atoms with van der Waals surface area (Å²) in [5.74, 6) is -0.259. The Morgan fingerprint density at radius 1 is 0.764 bits per heavy atom. The Kier molecular flexibility index (Phi) is 13.3. The predicted octanol–water partition coefficient (Wildman–Crippen LogP) is 6.96. The van der Waals surface area contributed by atoms with Crippen molar-refractivity contribution in [3.8, 4) is 11.1 Å². The van der Waals surface area contributed by atoms with Gasteiger partial charge in [0.2, 0.25) is 11.8 Å². The first-order chi connectivity index (χ1) is 26.9. The van der Waals surface area contributed by atoms with Crippen LogP contribution in [0.1, 0.15) is 86.0 Å². The average Bonchev–Trinajstić information content (AvgIpc) is 3.90. The van der Waals surface area contributed by atoms with Gasteiger partial charge in [0.15, 0.2) is 6.29 Å². The second kappa shape index (κ2) is 18.8. The number of nitrogens with zero attached hydrogens (tertiary/aromatic N) is 2. The number of para-hydroxylation sites is 2. The van der Waals surface area contributed by atoms with Crippen LogP contribution in [-0.4, -0.2) is 71.6 Å². The summed E-state index contributed by atoms with van der Waals surface area (Å²) >= 11 is 0. The Labute approximate surface area is 325 Å². The summed E-state index contributed by atoms with van der Waals surface area (Å²) in [5.41, 5.74) is 13.1. The highest BCUT2D eigenvalue weighted by molar-refractivity contribution is 5.94. The minimum Gasteiger partial charge on any atom is -0.397 e. The number of carbonyl (C=O) groups excluding carboxylic acids is 2. The molecule has 3 aliphatic heterocycles. The van der Waals surface area contributed by atoms with E-state index in [2.05, 4.69) is 69.0 Å². The third kappa shape index (κ3) is 10.6. The van der Waals surface area contributed by atoms with Crippen LogP contribution >= 0.6 is 0 Å². The van der Waals surface area contributed by atoms with Gasteiger partial charge in [0.25, 0.3) is 0 Å². The molecule has 5 N–H and O–H groups in total. The number of anilines is 2. The molecule has 290 valence electrons. The largest absolute Gasteiger partial charge is 0.397 e. The average molecular weight is 746 g/mol. The molecule has 3 fully saturated rings. The van der Waals surface area contributed by atoms with Gasteiger partial charge in [-0.2, -0.15) is 0 Å². The number of aliphatic hydroxyl groups is 1. The van der Waals surface area contributed by atoms with E-state index < -0.39 is 6.29 Å². The number of rotatable bonds is 15. The van der Waals surface area contributed by atoms with E-state index in [9.17, 15) is 14.7 Å². The molecule has 4 aromatic rings. The molecule has 55 heavy (non-hydrogen) atoms. The number of hydrogen-bond acceptors (Lipinski definition) is 8. The van der Waals surface area contributed by atoms with Crippen LogP contribution in [0.3, 0.4) is 0 Å². The molecule has 3 saturated heterocycles. The number of aliphatic hydroxyl groups excluding tert-OH is 1. The number of nitrogen functional groups attached to an aromatic ring is 1. The molecule has 0 saturated carbocycles. The predicted molar refractivity (Wildman–Crippen MR) is 216 cm³/mol. The third-order valence-electron chi connectivity index (χ3n) is 11.2. The van der Waals surface area contributed by atoms with Gasteiger partial charge >= 0.3 is 0 Å². The molecule has 0 radical (unpaired) electrons. The molecule has 0 aromatic heterocycles. The van der Waals surface area contributed by atoms with Crippen LogP contribution in [0.4, 0.5) is 11.4 Å². The first-order valence-electron chi connectivity index (χ1n) is 20.0. The van der Waals surface area contributed by atoms with Gasteiger partial charge in [-0.3, -0.25) is 14.5 Å². The number of nitrogens with one attached hydrogen (secondary N) is 2. The van der Waals surface area contributed by atoms with Gasteiger partial charge in [-0.1, -0.05) is 78.9 Å². The van der Waals surface area contributed by atoms with E-state index in [-0.39, 0.29) is 43.5 Å². The highest BCUT2D eigenvalue weighted by Gasteiger charge is 2.36. The lowest BCUT2D eigenvalue weighted by molar-refractivity contribution is -0.253. The molecule has 4 atom stereocenters. The molecule has 10 nitrogen and oxygen atoms in total. The van der Waals surface area contributed by atoms with Gasteiger partial charge in [0.05, 0.1) is 30.2 Å². The second-order valence-electron chi connectivity index (χ2n) is 15.2. The molecule has 7 rings (SSSR count). The number of nitrogens with two attached hydrogens (primary N) is 1. The number of carbonyl (C=O) groups is 2. The van der Waals surface area contributed by atoms with Crippen molar-refractivity contribution in [3.05, 3.63) is 119 Å². The number of benzene rings is 4. The van der Waals surface area contributed by atoms with Crippen LogP contribution in [-0.2, 0) is 32.2 Å². The maximum absolute atomic E-state index is 12.6. The monoisotopic (exact) mass is 745 g/mol. The third-order valence-corrected chi connectivity index (χ3v) is 11.2. The molecule has 0 spiro atoms. The molecule has 3 heterocycles. The molecule has 2 amide bonds. The smallest absolute Gasteiger partial charge is 0.224 e. The van der Waals surface area contributed by atoms with Crippen LogP contribution < -0.4 is 16.4 Å². The van der Waals surface area contributed by atoms with Crippen LogP contribution in [0.2, 0.25) is 0 Å². The van der Waals surface area contributed by atoms with E-state index in [4.69, 9.17) is 15.2 Å². The fourth-order valence-electron chi connectivity index (χ4n) is 8.12. The zero-order valence-corrected chi connectivity index (χ0v) is 31.7. The minimum absolute atomic E-state index is 0.0193. The number of hydrogen-bond donors (Lipinski definition) is 4. The van der Waals surface area contributed by atoms with Crippen molar-refractivity contribution >= 4 is 23.2 Å². The van der Waals surface area contributed by atoms with Gasteiger partial charge in [-0.25, -0.2) is 0 Å². The lowest BCUT2D eigenvalue weighted by Gasteiger charge is -2.39. The Bertz CT molecular complexity index is 1860. The van der Waals surface area contributed by atoms with E-state index in [1.165, 1.54) is 38.8 Å². The number of amides is 2. The fraction of sp³-hybridized carbons (Fsp3) is 0.422. The summed E-state index contributed by atoms with van der Waals surface area (Å²) in [6.07, 6.45) is 6.24. The molecule has 0 aliphatic carbocycles. The maximum atomic E-state index is 12.6. The molecule has 4 aromatic carbocycles. The lowest BCUT2D eigenvalue weighted by Crippen LogP contribution is -2.45. The zero-order chi connectivity index (χ0) is 38.0. The Balaban J connectivity index is 0.952. The van der Waals surface area contributed by atoms with Crippen molar-refractivity contribution in [1.82, 2.24) is 15.1 Å². The van der Waals surface area contributed by atoms with Gasteiger partial charge in [0, 0.05) is 50.5 Å². The molecular formula is C45H55N5O5. The maximum Gasteiger partial charge on any atom is 0.224 e. The van der Waals surface area contributed by atoms with Crippen molar-refractivity contribution in [3.63, 3.8) is 0 Å². The topological polar surface area (TPSA) is 129 Å². The summed E-state index contributed by atoms with van der Waals surface area (Å²) in [6, 6.07) is 32.4. The Hall–Kier alpha value is -4.58. The van der Waals surface area contributed by atoms with E-state index in [1.54, 1.807) is 12.1 Å². The van der Waals surface area contributed by atoms with E-state index in [0.29, 0.717) is 30.4 Å². The lowest BCUT2D eigenvalue weighted by atomic mass is 9.98.